The molecule has 0 fully saturated rings. The number of ether oxygens (including phenoxy) is 1. The van der Waals surface area contributed by atoms with Crippen LogP contribution in [0.5, 0.6) is 5.75 Å². The van der Waals surface area contributed by atoms with Gasteiger partial charge in [0.25, 0.3) is 0 Å². The highest BCUT2D eigenvalue weighted by Crippen LogP contribution is 2.29. The van der Waals surface area contributed by atoms with Crippen molar-refractivity contribution in [2.24, 2.45) is 0 Å². The van der Waals surface area contributed by atoms with Gasteiger partial charge in [-0.2, -0.15) is 0 Å². The Bertz CT molecular complexity index is 329. The van der Waals surface area contributed by atoms with Crippen molar-refractivity contribution in [1.29, 1.82) is 0 Å². The summed E-state index contributed by atoms with van der Waals surface area (Å²) in [5.41, 5.74) is -0.0493. The van der Waals surface area contributed by atoms with Crippen LogP contribution in [0.1, 0.15) is 0 Å². The van der Waals surface area contributed by atoms with E-state index in [-0.39, 0.29) is 18.1 Å². The first-order valence-electron chi connectivity index (χ1n) is 3.66. The van der Waals surface area contributed by atoms with Gasteiger partial charge in [-0.3, -0.25) is 0 Å². The van der Waals surface area contributed by atoms with Crippen LogP contribution in [0.3, 0.4) is 0 Å². The lowest BCUT2D eigenvalue weighted by Gasteiger charge is -2.11. The molecule has 1 aromatic rings. The molecule has 0 spiro atoms. The van der Waals surface area contributed by atoms with Gasteiger partial charge in [0.05, 0.1) is 5.69 Å². The van der Waals surface area contributed by atoms with Gasteiger partial charge < -0.3 is 10.1 Å². The highest BCUT2D eigenvalue weighted by molar-refractivity contribution is 5.85. The van der Waals surface area contributed by atoms with Crippen molar-refractivity contribution in [3.8, 4) is 5.75 Å². The molecule has 0 aliphatic rings. The molecule has 0 heterocycles. The molecule has 0 saturated carbocycles. The zero-order valence-corrected chi connectivity index (χ0v) is 8.38. The van der Waals surface area contributed by atoms with E-state index in [9.17, 15) is 17.6 Å². The van der Waals surface area contributed by atoms with Crippen LogP contribution >= 0.6 is 12.4 Å². The van der Waals surface area contributed by atoms with Gasteiger partial charge in [-0.1, -0.05) is 6.07 Å². The summed E-state index contributed by atoms with van der Waals surface area (Å²) in [4.78, 5) is 0. The number of halogens is 5. The lowest BCUT2D eigenvalue weighted by Crippen LogP contribution is -2.18. The predicted molar refractivity (Wildman–Crippen MR) is 49.9 cm³/mol. The molecule has 0 bridgehead atoms. The summed E-state index contributed by atoms with van der Waals surface area (Å²) in [7, 11) is 1.40. The summed E-state index contributed by atoms with van der Waals surface area (Å²) in [5, 5.41) is 2.40. The van der Waals surface area contributed by atoms with E-state index >= 15 is 0 Å². The van der Waals surface area contributed by atoms with Gasteiger partial charge in [-0.25, -0.2) is 4.39 Å². The van der Waals surface area contributed by atoms with E-state index in [1.54, 1.807) is 0 Å². The van der Waals surface area contributed by atoms with E-state index in [2.05, 4.69) is 10.1 Å². The number of hydrogen-bond donors (Lipinski definition) is 1. The molecule has 1 aromatic carbocycles. The fraction of sp³-hybridized carbons (Fsp3) is 0.250. The third-order valence-electron chi connectivity index (χ3n) is 1.46. The lowest BCUT2D eigenvalue weighted by atomic mass is 10.3. The van der Waals surface area contributed by atoms with Crippen LogP contribution < -0.4 is 10.1 Å². The molecule has 0 aliphatic carbocycles. The summed E-state index contributed by atoms with van der Waals surface area (Å²) >= 11 is 0. The van der Waals surface area contributed by atoms with Crippen molar-refractivity contribution in [1.82, 2.24) is 0 Å². The first-order chi connectivity index (χ1) is 6.44. The molecule has 0 radical (unpaired) electrons. The van der Waals surface area contributed by atoms with Crippen LogP contribution in [0.4, 0.5) is 23.2 Å². The third kappa shape index (κ3) is 3.83. The van der Waals surface area contributed by atoms with Gasteiger partial charge in [0.15, 0.2) is 11.6 Å². The molecular weight excluding hydrogens is 238 g/mol. The van der Waals surface area contributed by atoms with Gasteiger partial charge in [-0.05, 0) is 12.1 Å². The van der Waals surface area contributed by atoms with E-state index in [0.29, 0.717) is 0 Å². The second-order valence-corrected chi connectivity index (χ2v) is 2.42. The standard InChI is InChI=1S/C8H7F4NO.ClH/c1-13-5-3-2-4-6(7(5)9)14-8(10,11)12;/h2-4,13H,1H3;1H. The maximum absolute atomic E-state index is 13.1. The number of nitrogens with one attached hydrogen (secondary N) is 1. The van der Waals surface area contributed by atoms with Crippen LogP contribution in [0.15, 0.2) is 18.2 Å². The van der Waals surface area contributed by atoms with E-state index in [1.807, 2.05) is 0 Å². The first kappa shape index (κ1) is 13.8. The van der Waals surface area contributed by atoms with Gasteiger partial charge >= 0.3 is 6.36 Å². The topological polar surface area (TPSA) is 21.3 Å². The van der Waals surface area contributed by atoms with Crippen molar-refractivity contribution in [2.75, 3.05) is 12.4 Å². The molecule has 0 aromatic heterocycles. The summed E-state index contributed by atoms with van der Waals surface area (Å²) in [6, 6.07) is 3.47. The molecule has 2 nitrogen and oxygen atoms in total. The minimum absolute atomic E-state index is 0. The summed E-state index contributed by atoms with van der Waals surface area (Å²) < 4.78 is 51.8. The van der Waals surface area contributed by atoms with Crippen LogP contribution in [0, 0.1) is 5.82 Å². The normalized spacial score (nSPS) is 10.5. The minimum Gasteiger partial charge on any atom is -0.403 e. The molecule has 0 unspecified atom stereocenters. The molecular formula is C8H8ClF4NO. The maximum Gasteiger partial charge on any atom is 0.573 e. The summed E-state index contributed by atoms with van der Waals surface area (Å²) in [6.45, 7) is 0. The number of rotatable bonds is 2. The van der Waals surface area contributed by atoms with Gasteiger partial charge in [0, 0.05) is 7.05 Å². The largest absolute Gasteiger partial charge is 0.573 e. The van der Waals surface area contributed by atoms with Crippen molar-refractivity contribution in [3.63, 3.8) is 0 Å². The van der Waals surface area contributed by atoms with E-state index < -0.39 is 17.9 Å². The fourth-order valence-electron chi connectivity index (χ4n) is 0.907. The van der Waals surface area contributed by atoms with Gasteiger partial charge in [0.1, 0.15) is 0 Å². The summed E-state index contributed by atoms with van der Waals surface area (Å²) in [6.07, 6.45) is -4.88. The highest BCUT2D eigenvalue weighted by atomic mass is 35.5. The van der Waals surface area contributed by atoms with Crippen LogP contribution in [-0.2, 0) is 0 Å². The molecule has 1 N–H and O–H groups in total. The smallest absolute Gasteiger partial charge is 0.403 e. The summed E-state index contributed by atoms with van der Waals surface area (Å²) in [5.74, 6) is -1.91. The highest BCUT2D eigenvalue weighted by Gasteiger charge is 2.32. The van der Waals surface area contributed by atoms with Crippen molar-refractivity contribution >= 4 is 18.1 Å². The average molecular weight is 246 g/mol. The second-order valence-electron chi connectivity index (χ2n) is 2.42. The minimum atomic E-state index is -4.88. The van der Waals surface area contributed by atoms with Crippen molar-refractivity contribution in [2.45, 2.75) is 6.36 Å². The second kappa shape index (κ2) is 5.06. The molecule has 15 heavy (non-hydrogen) atoms. The Morgan fingerprint density at radius 3 is 2.33 bits per heavy atom. The number of benzene rings is 1. The number of anilines is 1. The Kier molecular flexibility index (Phi) is 4.67. The molecule has 7 heteroatoms. The monoisotopic (exact) mass is 245 g/mol. The Balaban J connectivity index is 0.00000196. The Morgan fingerprint density at radius 1 is 1.27 bits per heavy atom. The molecule has 0 saturated heterocycles. The maximum atomic E-state index is 13.1. The van der Waals surface area contributed by atoms with Crippen LogP contribution in [-0.4, -0.2) is 13.4 Å². The van der Waals surface area contributed by atoms with Crippen LogP contribution in [0.25, 0.3) is 0 Å². The zero-order chi connectivity index (χ0) is 10.8. The lowest BCUT2D eigenvalue weighted by molar-refractivity contribution is -0.275. The average Bonchev–Trinajstić information content (AvgIpc) is 2.06. The van der Waals surface area contributed by atoms with Gasteiger partial charge in [-0.15, -0.1) is 25.6 Å². The first-order valence-corrected chi connectivity index (χ1v) is 3.66. The fourth-order valence-corrected chi connectivity index (χ4v) is 0.907. The van der Waals surface area contributed by atoms with E-state index in [0.717, 1.165) is 6.07 Å². The Hall–Kier alpha value is -1.17. The molecule has 0 atom stereocenters. The molecule has 86 valence electrons. The van der Waals surface area contributed by atoms with Crippen molar-refractivity contribution in [3.05, 3.63) is 24.0 Å². The predicted octanol–water partition coefficient (Wildman–Crippen LogP) is 3.19. The van der Waals surface area contributed by atoms with E-state index in [1.165, 1.54) is 19.2 Å². The van der Waals surface area contributed by atoms with E-state index in [4.69, 9.17) is 0 Å². The number of alkyl halides is 3. The quantitative estimate of drug-likeness (QED) is 0.808. The third-order valence-corrected chi connectivity index (χ3v) is 1.46. The van der Waals surface area contributed by atoms with Gasteiger partial charge in [0.2, 0.25) is 0 Å². The Morgan fingerprint density at radius 2 is 1.87 bits per heavy atom. The Labute approximate surface area is 89.6 Å². The molecule has 0 amide bonds. The zero-order valence-electron chi connectivity index (χ0n) is 7.56. The molecule has 1 rings (SSSR count). The number of hydrogen-bond acceptors (Lipinski definition) is 2. The van der Waals surface area contributed by atoms with Crippen LogP contribution in [0.2, 0.25) is 0 Å². The van der Waals surface area contributed by atoms with Crippen molar-refractivity contribution < 1.29 is 22.3 Å². The molecule has 0 aliphatic heterocycles. The SMILES string of the molecule is CNc1cccc(OC(F)(F)F)c1F.Cl.